The Hall–Kier alpha value is -1.53. The molecule has 0 aliphatic heterocycles. The maximum absolute atomic E-state index is 13.6. The molecule has 1 aromatic carbocycles. The van der Waals surface area contributed by atoms with Crippen molar-refractivity contribution in [1.29, 1.82) is 0 Å². The second-order valence-corrected chi connectivity index (χ2v) is 5.50. The summed E-state index contributed by atoms with van der Waals surface area (Å²) in [5, 5.41) is 4.04. The van der Waals surface area contributed by atoms with Crippen molar-refractivity contribution < 1.29 is 4.39 Å². The number of thiazole rings is 1. The number of nitrogens with one attached hydrogen (secondary N) is 1. The van der Waals surface area contributed by atoms with Crippen molar-refractivity contribution in [1.82, 2.24) is 4.98 Å². The van der Waals surface area contributed by atoms with Crippen molar-refractivity contribution in [2.24, 2.45) is 5.73 Å². The minimum Gasteiger partial charge on any atom is -0.389 e. The third-order valence-corrected chi connectivity index (χ3v) is 3.48. The molecule has 0 radical (unpaired) electrons. The van der Waals surface area contributed by atoms with E-state index >= 15 is 0 Å². The van der Waals surface area contributed by atoms with Gasteiger partial charge in [0, 0.05) is 16.8 Å². The molecule has 0 fully saturated rings. The summed E-state index contributed by atoms with van der Waals surface area (Å²) < 4.78 is 13.6. The van der Waals surface area contributed by atoms with Crippen molar-refractivity contribution in [3.05, 3.63) is 45.7 Å². The van der Waals surface area contributed by atoms with E-state index in [2.05, 4.69) is 10.3 Å². The molecule has 94 valence electrons. The molecule has 2 rings (SSSR count). The number of nitrogens with two attached hydrogens (primary N) is 1. The second kappa shape index (κ2) is 5.41. The number of halogens is 1. The smallest absolute Gasteiger partial charge is 0.135 e. The minimum atomic E-state index is -0.414. The van der Waals surface area contributed by atoms with Gasteiger partial charge in [-0.3, -0.25) is 0 Å². The molecule has 1 aromatic heterocycles. The molecule has 0 saturated heterocycles. The lowest BCUT2D eigenvalue weighted by Crippen LogP contribution is -2.15. The average molecular weight is 281 g/mol. The van der Waals surface area contributed by atoms with Crippen LogP contribution in [0.4, 0.5) is 10.1 Å². The van der Waals surface area contributed by atoms with Gasteiger partial charge >= 0.3 is 0 Å². The van der Waals surface area contributed by atoms with Gasteiger partial charge < -0.3 is 11.1 Å². The minimum absolute atomic E-state index is 0.0471. The van der Waals surface area contributed by atoms with Gasteiger partial charge in [-0.15, -0.1) is 11.3 Å². The fourth-order valence-electron chi connectivity index (χ4n) is 1.58. The van der Waals surface area contributed by atoms with Gasteiger partial charge in [-0.1, -0.05) is 18.3 Å². The van der Waals surface area contributed by atoms with Gasteiger partial charge in [-0.25, -0.2) is 9.37 Å². The Labute approximate surface area is 114 Å². The largest absolute Gasteiger partial charge is 0.389 e. The van der Waals surface area contributed by atoms with E-state index in [0.717, 1.165) is 9.88 Å². The molecule has 0 spiro atoms. The van der Waals surface area contributed by atoms with E-state index in [0.29, 0.717) is 12.2 Å². The molecule has 0 atom stereocenters. The van der Waals surface area contributed by atoms with Gasteiger partial charge in [0.15, 0.2) is 0 Å². The monoisotopic (exact) mass is 281 g/mol. The van der Waals surface area contributed by atoms with Crippen LogP contribution in [0, 0.1) is 12.7 Å². The molecule has 0 saturated carbocycles. The predicted octanol–water partition coefficient (Wildman–Crippen LogP) is 2.84. The zero-order chi connectivity index (χ0) is 13.1. The Morgan fingerprint density at radius 3 is 2.94 bits per heavy atom. The van der Waals surface area contributed by atoms with Gasteiger partial charge in [0.1, 0.15) is 15.8 Å². The lowest BCUT2D eigenvalue weighted by atomic mass is 10.1. The SMILES string of the molecule is Cc1cnc(CNc2cccc(F)c2C(N)=S)s1. The van der Waals surface area contributed by atoms with E-state index < -0.39 is 5.82 Å². The first kappa shape index (κ1) is 12.9. The summed E-state index contributed by atoms with van der Waals surface area (Å²) in [6.07, 6.45) is 1.81. The highest BCUT2D eigenvalue weighted by atomic mass is 32.1. The van der Waals surface area contributed by atoms with Crippen LogP contribution in [0.3, 0.4) is 0 Å². The molecule has 2 aromatic rings. The van der Waals surface area contributed by atoms with Crippen LogP contribution in [0.2, 0.25) is 0 Å². The highest BCUT2D eigenvalue weighted by Gasteiger charge is 2.11. The van der Waals surface area contributed by atoms with Crippen LogP contribution in [0.5, 0.6) is 0 Å². The van der Waals surface area contributed by atoms with Crippen molar-refractivity contribution in [3.63, 3.8) is 0 Å². The first-order valence-corrected chi connectivity index (χ1v) is 6.54. The fourth-order valence-corrected chi connectivity index (χ4v) is 2.51. The Balaban J connectivity index is 2.19. The van der Waals surface area contributed by atoms with E-state index in [-0.39, 0.29) is 10.6 Å². The number of aryl methyl sites for hydroxylation is 1. The average Bonchev–Trinajstić information content (AvgIpc) is 2.72. The van der Waals surface area contributed by atoms with Crippen LogP contribution >= 0.6 is 23.6 Å². The lowest BCUT2D eigenvalue weighted by Gasteiger charge is -2.10. The van der Waals surface area contributed by atoms with Crippen molar-refractivity contribution in [3.8, 4) is 0 Å². The highest BCUT2D eigenvalue weighted by Crippen LogP contribution is 2.20. The molecule has 3 nitrogen and oxygen atoms in total. The van der Waals surface area contributed by atoms with Crippen LogP contribution in [-0.4, -0.2) is 9.97 Å². The van der Waals surface area contributed by atoms with Crippen molar-refractivity contribution in [2.45, 2.75) is 13.5 Å². The molecule has 0 aliphatic rings. The van der Waals surface area contributed by atoms with Crippen LogP contribution in [0.15, 0.2) is 24.4 Å². The van der Waals surface area contributed by atoms with Crippen molar-refractivity contribution in [2.75, 3.05) is 5.32 Å². The standard InChI is InChI=1S/C12H12FN3S2/c1-7-5-16-10(18-7)6-15-9-4-2-3-8(13)11(9)12(14)17/h2-5,15H,6H2,1H3,(H2,14,17). The number of thiocarbonyl (C=S) groups is 1. The normalized spacial score (nSPS) is 10.3. The Kier molecular flexibility index (Phi) is 3.88. The van der Waals surface area contributed by atoms with Crippen LogP contribution in [0.1, 0.15) is 15.4 Å². The second-order valence-electron chi connectivity index (χ2n) is 3.74. The maximum Gasteiger partial charge on any atom is 0.135 e. The summed E-state index contributed by atoms with van der Waals surface area (Å²) in [7, 11) is 0. The number of nitrogens with zero attached hydrogens (tertiary/aromatic N) is 1. The third-order valence-electron chi connectivity index (χ3n) is 2.36. The first-order chi connectivity index (χ1) is 8.58. The van der Waals surface area contributed by atoms with Crippen LogP contribution in [0.25, 0.3) is 0 Å². The number of aromatic nitrogens is 1. The van der Waals surface area contributed by atoms with Gasteiger partial charge in [-0.05, 0) is 19.1 Å². The highest BCUT2D eigenvalue weighted by molar-refractivity contribution is 7.80. The molecular weight excluding hydrogens is 269 g/mol. The van der Waals surface area contributed by atoms with Gasteiger partial charge in [0.2, 0.25) is 0 Å². The number of hydrogen-bond acceptors (Lipinski definition) is 4. The summed E-state index contributed by atoms with van der Waals surface area (Å²) in [6, 6.07) is 4.71. The molecule has 0 amide bonds. The van der Waals surface area contributed by atoms with E-state index in [9.17, 15) is 4.39 Å². The molecule has 0 bridgehead atoms. The molecule has 6 heteroatoms. The number of hydrogen-bond donors (Lipinski definition) is 2. The summed E-state index contributed by atoms with van der Waals surface area (Å²) in [6.45, 7) is 2.52. The number of benzene rings is 1. The molecule has 0 aliphatic carbocycles. The van der Waals surface area contributed by atoms with E-state index in [1.807, 2.05) is 13.1 Å². The fraction of sp³-hybridized carbons (Fsp3) is 0.167. The molecule has 3 N–H and O–H groups in total. The molecule has 0 unspecified atom stereocenters. The zero-order valence-electron chi connectivity index (χ0n) is 9.74. The Bertz CT molecular complexity index is 580. The quantitative estimate of drug-likeness (QED) is 0.846. The summed E-state index contributed by atoms with van der Waals surface area (Å²) in [5.74, 6) is -0.414. The van der Waals surface area contributed by atoms with Crippen LogP contribution < -0.4 is 11.1 Å². The lowest BCUT2D eigenvalue weighted by molar-refractivity contribution is 0.626. The summed E-state index contributed by atoms with van der Waals surface area (Å²) in [4.78, 5) is 5.41. The summed E-state index contributed by atoms with van der Waals surface area (Å²) >= 11 is 6.45. The maximum atomic E-state index is 13.6. The molecule has 1 heterocycles. The first-order valence-electron chi connectivity index (χ1n) is 5.31. The van der Waals surface area contributed by atoms with E-state index in [1.165, 1.54) is 6.07 Å². The van der Waals surface area contributed by atoms with Gasteiger partial charge in [-0.2, -0.15) is 0 Å². The zero-order valence-corrected chi connectivity index (χ0v) is 11.4. The predicted molar refractivity (Wildman–Crippen MR) is 76.5 cm³/mol. The van der Waals surface area contributed by atoms with E-state index in [1.54, 1.807) is 23.5 Å². The topological polar surface area (TPSA) is 50.9 Å². The summed E-state index contributed by atoms with van der Waals surface area (Å²) in [5.41, 5.74) is 6.37. The van der Waals surface area contributed by atoms with E-state index in [4.69, 9.17) is 18.0 Å². The third kappa shape index (κ3) is 2.83. The molecular formula is C12H12FN3S2. The van der Waals surface area contributed by atoms with Crippen molar-refractivity contribution >= 4 is 34.2 Å². The van der Waals surface area contributed by atoms with Gasteiger partial charge in [0.05, 0.1) is 12.1 Å². The van der Waals surface area contributed by atoms with Crippen LogP contribution in [-0.2, 0) is 6.54 Å². The molecule has 18 heavy (non-hydrogen) atoms. The number of anilines is 1. The Morgan fingerprint density at radius 1 is 1.56 bits per heavy atom. The number of rotatable bonds is 4. The Morgan fingerprint density at radius 2 is 2.33 bits per heavy atom. The van der Waals surface area contributed by atoms with Gasteiger partial charge in [0.25, 0.3) is 0 Å².